The number of nitrogens with zero attached hydrogens (tertiary/aromatic N) is 3. The Morgan fingerprint density at radius 2 is 1.59 bits per heavy atom. The average molecular weight is 491 g/mol. The number of ketones is 1. The summed E-state index contributed by atoms with van der Waals surface area (Å²) in [7, 11) is 0. The van der Waals surface area contributed by atoms with Gasteiger partial charge in [-0.05, 0) is 35.9 Å². The van der Waals surface area contributed by atoms with Gasteiger partial charge < -0.3 is 14.9 Å². The van der Waals surface area contributed by atoms with Gasteiger partial charge in [-0.3, -0.25) is 9.59 Å². The van der Waals surface area contributed by atoms with Gasteiger partial charge in [0.2, 0.25) is 0 Å². The number of rotatable bonds is 4. The molecule has 2 aromatic heterocycles. The van der Waals surface area contributed by atoms with Crippen molar-refractivity contribution < 1.29 is 19.9 Å². The molecule has 0 aliphatic carbocycles. The minimum atomic E-state index is -1.10. The number of amides is 1. The van der Waals surface area contributed by atoms with Gasteiger partial charge in [0.15, 0.2) is 0 Å². The van der Waals surface area contributed by atoms with Crippen LogP contribution in [0, 0.1) is 0 Å². The molecule has 2 N–H and O–H groups in total. The Balaban J connectivity index is 1.77. The molecule has 1 amide bonds. The summed E-state index contributed by atoms with van der Waals surface area (Å²) >= 11 is 17.9. The Morgan fingerprint density at radius 1 is 0.938 bits per heavy atom. The zero-order chi connectivity index (χ0) is 23.0. The summed E-state index contributed by atoms with van der Waals surface area (Å²) in [4.78, 5) is 29.4. The molecule has 32 heavy (non-hydrogen) atoms. The number of pyridine rings is 1. The fourth-order valence-electron chi connectivity index (χ4n) is 3.26. The summed E-state index contributed by atoms with van der Waals surface area (Å²) in [5.74, 6) is -2.05. The first-order valence-corrected chi connectivity index (χ1v) is 10.3. The van der Waals surface area contributed by atoms with Gasteiger partial charge in [-0.25, -0.2) is 4.99 Å². The van der Waals surface area contributed by atoms with Crippen LogP contribution in [0.5, 0.6) is 5.75 Å². The number of Topliss-reactive ketones (excluding diaryl/α,β-unsaturated/α-hetero) is 1. The summed E-state index contributed by atoms with van der Waals surface area (Å²) in [5, 5.41) is 20.0. The van der Waals surface area contributed by atoms with E-state index in [9.17, 15) is 19.9 Å². The minimum Gasteiger partial charge on any atom is -0.508 e. The quantitative estimate of drug-likeness (QED) is 0.246. The first kappa shape index (κ1) is 22.0. The molecule has 0 saturated heterocycles. The number of benzene rings is 2. The smallest absolute Gasteiger partial charge is 0.318 e. The molecule has 0 aliphatic rings. The van der Waals surface area contributed by atoms with Crippen LogP contribution in [0.3, 0.4) is 0 Å². The van der Waals surface area contributed by atoms with Crippen LogP contribution in [0.15, 0.2) is 66.0 Å². The predicted octanol–water partition coefficient (Wildman–Crippen LogP) is 4.70. The van der Waals surface area contributed by atoms with Gasteiger partial charge in [0, 0.05) is 28.7 Å². The van der Waals surface area contributed by atoms with Crippen LogP contribution in [0.1, 0.15) is 15.9 Å². The van der Waals surface area contributed by atoms with Crippen molar-refractivity contribution in [1.82, 2.24) is 9.30 Å². The maximum Gasteiger partial charge on any atom is 0.318 e. The van der Waals surface area contributed by atoms with Gasteiger partial charge in [0.05, 0.1) is 28.0 Å². The lowest BCUT2D eigenvalue weighted by atomic mass is 10.1. The lowest BCUT2D eigenvalue weighted by Crippen LogP contribution is -2.18. The minimum absolute atomic E-state index is 0.0539. The highest BCUT2D eigenvalue weighted by molar-refractivity contribution is 6.45. The second-order valence-corrected chi connectivity index (χ2v) is 8.18. The number of fused-ring (bicyclic) bond motifs is 1. The lowest BCUT2D eigenvalue weighted by molar-refractivity contribution is -0.114. The molecule has 0 radical (unpaired) electrons. The van der Waals surface area contributed by atoms with Gasteiger partial charge >= 0.3 is 5.91 Å². The fourth-order valence-corrected chi connectivity index (χ4v) is 3.93. The van der Waals surface area contributed by atoms with Gasteiger partial charge in [0.25, 0.3) is 5.78 Å². The van der Waals surface area contributed by atoms with Gasteiger partial charge in [0.1, 0.15) is 11.1 Å². The van der Waals surface area contributed by atoms with Gasteiger partial charge in [-0.1, -0.05) is 46.9 Å². The van der Waals surface area contributed by atoms with E-state index in [1.54, 1.807) is 22.8 Å². The number of carbonyl (C=O) groups excluding carboxylic acids is 2. The van der Waals surface area contributed by atoms with Crippen LogP contribution in [0.25, 0.3) is 10.9 Å². The molecule has 2 aromatic carbocycles. The van der Waals surface area contributed by atoms with Crippen molar-refractivity contribution >= 4 is 57.4 Å². The molecule has 0 spiro atoms. The Hall–Kier alpha value is -3.26. The third-order valence-electron chi connectivity index (χ3n) is 4.73. The second kappa shape index (κ2) is 8.70. The van der Waals surface area contributed by atoms with E-state index < -0.39 is 11.7 Å². The summed E-state index contributed by atoms with van der Waals surface area (Å²) in [5.41, 5.74) is 1.64. The number of hydrogen-bond acceptors (Lipinski definition) is 4. The number of halogens is 3. The molecule has 0 atom stereocenters. The largest absolute Gasteiger partial charge is 0.508 e. The summed E-state index contributed by atoms with van der Waals surface area (Å²) in [6.45, 7) is 0.407. The molecule has 162 valence electrons. The lowest BCUT2D eigenvalue weighted by Gasteiger charge is -2.06. The van der Waals surface area contributed by atoms with Crippen LogP contribution in [0.2, 0.25) is 15.1 Å². The van der Waals surface area contributed by atoms with Crippen molar-refractivity contribution in [1.29, 1.82) is 0 Å². The summed E-state index contributed by atoms with van der Waals surface area (Å²) in [6.07, 6.45) is 3.70. The average Bonchev–Trinajstić information content (AvgIpc) is 3.08. The molecule has 0 aliphatic heterocycles. The molecule has 0 fully saturated rings. The van der Waals surface area contributed by atoms with Crippen LogP contribution < -0.4 is 5.36 Å². The predicted molar refractivity (Wildman–Crippen MR) is 121 cm³/mol. The first-order valence-electron chi connectivity index (χ1n) is 9.19. The van der Waals surface area contributed by atoms with E-state index in [-0.39, 0.29) is 26.7 Å². The topological polar surface area (TPSA) is 96.8 Å². The van der Waals surface area contributed by atoms with Crippen LogP contribution in [-0.2, 0) is 11.3 Å². The third kappa shape index (κ3) is 4.36. The standard InChI is InChI=1S/C22H14Cl3N3O4/c23-13-3-1-12(2-4-13)8-27-9-16(15-7-14(29)5-6-19(15)27)21(30)22(31)26-20-17(24)10-28(32)11-18(20)25/h1-7,9-11,29,32H,8H2. The molecule has 4 rings (SSSR count). The highest BCUT2D eigenvalue weighted by Gasteiger charge is 2.22. The molecule has 4 aromatic rings. The number of aromatic nitrogens is 2. The Labute approximate surface area is 196 Å². The fraction of sp³-hybridized carbons (Fsp3) is 0.0455. The highest BCUT2D eigenvalue weighted by Crippen LogP contribution is 2.27. The molecule has 2 heterocycles. The number of hydrogen-bond donors (Lipinski definition) is 2. The van der Waals surface area contributed by atoms with Crippen molar-refractivity contribution in [3.05, 3.63) is 92.6 Å². The van der Waals surface area contributed by atoms with Crippen LogP contribution in [-0.4, -0.2) is 31.3 Å². The maximum atomic E-state index is 13.0. The number of aromatic hydroxyl groups is 1. The maximum absolute atomic E-state index is 13.0. The van der Waals surface area contributed by atoms with Crippen LogP contribution >= 0.6 is 34.8 Å². The van der Waals surface area contributed by atoms with Crippen molar-refractivity contribution in [3.8, 4) is 5.75 Å². The molecular weight excluding hydrogens is 477 g/mol. The van der Waals surface area contributed by atoms with E-state index in [0.29, 0.717) is 27.2 Å². The van der Waals surface area contributed by atoms with E-state index in [2.05, 4.69) is 4.99 Å². The van der Waals surface area contributed by atoms with E-state index in [0.717, 1.165) is 18.0 Å². The molecular formula is C22H14Cl3N3O4. The van der Waals surface area contributed by atoms with Gasteiger partial charge in [-0.2, -0.15) is 4.73 Å². The highest BCUT2D eigenvalue weighted by atomic mass is 35.5. The summed E-state index contributed by atoms with van der Waals surface area (Å²) < 4.78 is 2.40. The SMILES string of the molecule is O=C(N=c1c(Cl)cn(O)cc1Cl)C(=O)c1cn(Cc2ccc(Cl)cc2)c2ccc(O)cc12. The van der Waals surface area contributed by atoms with E-state index in [1.807, 2.05) is 12.1 Å². The second-order valence-electron chi connectivity index (χ2n) is 6.93. The number of phenols is 1. The summed E-state index contributed by atoms with van der Waals surface area (Å²) in [6, 6.07) is 11.8. The van der Waals surface area contributed by atoms with Crippen molar-refractivity contribution in [2.24, 2.45) is 4.99 Å². The van der Waals surface area contributed by atoms with Crippen LogP contribution in [0.4, 0.5) is 0 Å². The van der Waals surface area contributed by atoms with E-state index >= 15 is 0 Å². The molecule has 0 bridgehead atoms. The third-order valence-corrected chi connectivity index (χ3v) is 5.53. The van der Waals surface area contributed by atoms with Crippen molar-refractivity contribution in [2.45, 2.75) is 6.54 Å². The Bertz CT molecular complexity index is 1410. The molecule has 10 heteroatoms. The van der Waals surface area contributed by atoms with Gasteiger partial charge in [-0.15, -0.1) is 0 Å². The molecule has 7 nitrogen and oxygen atoms in total. The normalized spacial score (nSPS) is 11.0. The first-order chi connectivity index (χ1) is 15.2. The monoisotopic (exact) mass is 489 g/mol. The zero-order valence-corrected chi connectivity index (χ0v) is 18.4. The Kier molecular flexibility index (Phi) is 5.97. The van der Waals surface area contributed by atoms with E-state index in [4.69, 9.17) is 34.8 Å². The molecule has 0 unspecified atom stereocenters. The van der Waals surface area contributed by atoms with Crippen molar-refractivity contribution in [3.63, 3.8) is 0 Å². The van der Waals surface area contributed by atoms with E-state index in [1.165, 1.54) is 18.3 Å². The zero-order valence-electron chi connectivity index (χ0n) is 16.2. The van der Waals surface area contributed by atoms with Crippen molar-refractivity contribution in [2.75, 3.05) is 0 Å². The molecule has 0 saturated carbocycles. The number of carbonyl (C=O) groups is 2. The Morgan fingerprint density at radius 3 is 2.25 bits per heavy atom. The number of phenolic OH excluding ortho intramolecular Hbond substituents is 1.